The molecule has 0 saturated heterocycles. The van der Waals surface area contributed by atoms with E-state index in [1.165, 1.54) is 31.5 Å². The van der Waals surface area contributed by atoms with Gasteiger partial charge in [-0.2, -0.15) is 0 Å². The Morgan fingerprint density at radius 2 is 2.24 bits per heavy atom. The maximum atomic E-state index is 10.5. The molecule has 17 heavy (non-hydrogen) atoms. The standard InChI is InChI=1S/C12H19N3O2/c1-3-4-5-6-10(2)14-12-8-7-11(9-13-12)15(16)17/h7-10H,3-6H2,1-2H3,(H,13,14). The molecule has 0 spiro atoms. The Kier molecular flexibility index (Phi) is 5.39. The van der Waals surface area contributed by atoms with Gasteiger partial charge in [0.2, 0.25) is 0 Å². The van der Waals surface area contributed by atoms with Gasteiger partial charge < -0.3 is 5.32 Å². The van der Waals surface area contributed by atoms with Gasteiger partial charge in [0.25, 0.3) is 5.69 Å². The molecule has 1 aromatic rings. The fourth-order valence-corrected chi connectivity index (χ4v) is 1.60. The molecular weight excluding hydrogens is 218 g/mol. The molecule has 5 heteroatoms. The van der Waals surface area contributed by atoms with E-state index >= 15 is 0 Å². The van der Waals surface area contributed by atoms with E-state index in [1.54, 1.807) is 6.07 Å². The lowest BCUT2D eigenvalue weighted by Crippen LogP contribution is -2.15. The Labute approximate surface area is 101 Å². The molecule has 0 fully saturated rings. The second-order valence-electron chi connectivity index (χ2n) is 4.20. The van der Waals surface area contributed by atoms with Gasteiger partial charge in [0, 0.05) is 12.1 Å². The zero-order chi connectivity index (χ0) is 12.7. The number of nitrogens with one attached hydrogen (secondary N) is 1. The highest BCUT2D eigenvalue weighted by Crippen LogP contribution is 2.14. The molecule has 0 radical (unpaired) electrons. The Morgan fingerprint density at radius 3 is 2.76 bits per heavy atom. The Morgan fingerprint density at radius 1 is 1.47 bits per heavy atom. The molecule has 0 bridgehead atoms. The van der Waals surface area contributed by atoms with E-state index < -0.39 is 4.92 Å². The number of hydrogen-bond acceptors (Lipinski definition) is 4. The second-order valence-corrected chi connectivity index (χ2v) is 4.20. The quantitative estimate of drug-likeness (QED) is 0.448. The Bertz CT molecular complexity index is 351. The third-order valence-corrected chi connectivity index (χ3v) is 2.59. The number of unbranched alkanes of at least 4 members (excludes halogenated alkanes) is 2. The summed E-state index contributed by atoms with van der Waals surface area (Å²) in [5, 5.41) is 13.7. The normalized spacial score (nSPS) is 12.1. The van der Waals surface area contributed by atoms with Crippen LogP contribution in [0.4, 0.5) is 11.5 Å². The molecule has 0 aliphatic heterocycles. The zero-order valence-electron chi connectivity index (χ0n) is 10.3. The van der Waals surface area contributed by atoms with Crippen molar-refractivity contribution in [2.75, 3.05) is 5.32 Å². The van der Waals surface area contributed by atoms with E-state index in [-0.39, 0.29) is 5.69 Å². The molecule has 1 atom stereocenters. The zero-order valence-corrected chi connectivity index (χ0v) is 10.3. The predicted octanol–water partition coefficient (Wildman–Crippen LogP) is 3.37. The molecule has 0 saturated carbocycles. The maximum Gasteiger partial charge on any atom is 0.287 e. The highest BCUT2D eigenvalue weighted by Gasteiger charge is 2.07. The van der Waals surface area contributed by atoms with E-state index in [0.29, 0.717) is 11.9 Å². The first-order valence-corrected chi connectivity index (χ1v) is 6.00. The first-order valence-electron chi connectivity index (χ1n) is 6.00. The van der Waals surface area contributed by atoms with Gasteiger partial charge in [0.1, 0.15) is 12.0 Å². The lowest BCUT2D eigenvalue weighted by molar-refractivity contribution is -0.385. The molecule has 1 unspecified atom stereocenters. The van der Waals surface area contributed by atoms with Crippen LogP contribution >= 0.6 is 0 Å². The highest BCUT2D eigenvalue weighted by atomic mass is 16.6. The van der Waals surface area contributed by atoms with Crippen molar-refractivity contribution in [1.29, 1.82) is 0 Å². The fourth-order valence-electron chi connectivity index (χ4n) is 1.60. The third-order valence-electron chi connectivity index (χ3n) is 2.59. The van der Waals surface area contributed by atoms with Crippen LogP contribution in [-0.2, 0) is 0 Å². The van der Waals surface area contributed by atoms with Crippen molar-refractivity contribution < 1.29 is 4.92 Å². The van der Waals surface area contributed by atoms with Gasteiger partial charge in [-0.3, -0.25) is 10.1 Å². The van der Waals surface area contributed by atoms with Crippen LogP contribution in [0.3, 0.4) is 0 Å². The van der Waals surface area contributed by atoms with Crippen LogP contribution in [-0.4, -0.2) is 15.9 Å². The number of rotatable bonds is 7. The van der Waals surface area contributed by atoms with E-state index in [2.05, 4.69) is 24.1 Å². The summed E-state index contributed by atoms with van der Waals surface area (Å²) in [6.07, 6.45) is 6.01. The first kappa shape index (κ1) is 13.4. The largest absolute Gasteiger partial charge is 0.368 e. The monoisotopic (exact) mass is 237 g/mol. The van der Waals surface area contributed by atoms with Gasteiger partial charge >= 0.3 is 0 Å². The highest BCUT2D eigenvalue weighted by molar-refractivity contribution is 5.40. The van der Waals surface area contributed by atoms with Crippen LogP contribution in [0.15, 0.2) is 18.3 Å². The number of hydrogen-bond donors (Lipinski definition) is 1. The van der Waals surface area contributed by atoms with Gasteiger partial charge in [0.15, 0.2) is 0 Å². The Hall–Kier alpha value is -1.65. The van der Waals surface area contributed by atoms with Crippen LogP contribution < -0.4 is 5.32 Å². The van der Waals surface area contributed by atoms with E-state index in [0.717, 1.165) is 6.42 Å². The molecular formula is C12H19N3O2. The molecule has 1 heterocycles. The minimum atomic E-state index is -0.443. The van der Waals surface area contributed by atoms with Crippen molar-refractivity contribution in [3.63, 3.8) is 0 Å². The molecule has 1 rings (SSSR count). The number of nitrogens with zero attached hydrogens (tertiary/aromatic N) is 2. The van der Waals surface area contributed by atoms with Crippen LogP contribution in [0.1, 0.15) is 39.5 Å². The van der Waals surface area contributed by atoms with Gasteiger partial charge in [-0.05, 0) is 19.4 Å². The third kappa shape index (κ3) is 4.80. The Balaban J connectivity index is 2.43. The summed E-state index contributed by atoms with van der Waals surface area (Å²) in [5.41, 5.74) is 0.0224. The van der Waals surface area contributed by atoms with Gasteiger partial charge in [-0.25, -0.2) is 4.98 Å². The van der Waals surface area contributed by atoms with E-state index in [4.69, 9.17) is 0 Å². The molecule has 1 aromatic heterocycles. The second kappa shape index (κ2) is 6.83. The lowest BCUT2D eigenvalue weighted by Gasteiger charge is -2.13. The number of nitro groups is 1. The van der Waals surface area contributed by atoms with Crippen LogP contribution in [0.5, 0.6) is 0 Å². The number of pyridine rings is 1. The average Bonchev–Trinajstić information content (AvgIpc) is 2.30. The minimum absolute atomic E-state index is 0.0224. The van der Waals surface area contributed by atoms with Crippen molar-refractivity contribution in [3.8, 4) is 0 Å². The molecule has 0 amide bonds. The molecule has 1 N–H and O–H groups in total. The number of aromatic nitrogens is 1. The molecule has 0 aliphatic carbocycles. The molecule has 5 nitrogen and oxygen atoms in total. The molecule has 0 aromatic carbocycles. The molecule has 94 valence electrons. The van der Waals surface area contributed by atoms with Crippen LogP contribution in [0.2, 0.25) is 0 Å². The van der Waals surface area contributed by atoms with E-state index in [9.17, 15) is 10.1 Å². The summed E-state index contributed by atoms with van der Waals surface area (Å²) in [6.45, 7) is 4.27. The summed E-state index contributed by atoms with van der Waals surface area (Å²) in [4.78, 5) is 14.0. The maximum absolute atomic E-state index is 10.5. The van der Waals surface area contributed by atoms with Gasteiger partial charge in [0.05, 0.1) is 4.92 Å². The lowest BCUT2D eigenvalue weighted by atomic mass is 10.1. The summed E-state index contributed by atoms with van der Waals surface area (Å²) >= 11 is 0. The first-order chi connectivity index (χ1) is 8.13. The summed E-state index contributed by atoms with van der Waals surface area (Å²) in [6, 6.07) is 3.46. The van der Waals surface area contributed by atoms with Crippen molar-refractivity contribution >= 4 is 11.5 Å². The van der Waals surface area contributed by atoms with Crippen LogP contribution in [0, 0.1) is 10.1 Å². The van der Waals surface area contributed by atoms with Crippen LogP contribution in [0.25, 0.3) is 0 Å². The fraction of sp³-hybridized carbons (Fsp3) is 0.583. The SMILES string of the molecule is CCCCCC(C)Nc1ccc([N+](=O)[O-])cn1. The summed E-state index contributed by atoms with van der Waals surface area (Å²) in [7, 11) is 0. The average molecular weight is 237 g/mol. The van der Waals surface area contributed by atoms with Crippen molar-refractivity contribution in [1.82, 2.24) is 4.98 Å². The van der Waals surface area contributed by atoms with Crippen molar-refractivity contribution in [2.45, 2.75) is 45.6 Å². The van der Waals surface area contributed by atoms with Gasteiger partial charge in [-0.15, -0.1) is 0 Å². The topological polar surface area (TPSA) is 68.1 Å². The minimum Gasteiger partial charge on any atom is -0.368 e. The predicted molar refractivity (Wildman–Crippen MR) is 68.1 cm³/mol. The summed E-state index contributed by atoms with van der Waals surface area (Å²) in [5.74, 6) is 0.694. The summed E-state index contributed by atoms with van der Waals surface area (Å²) < 4.78 is 0. The van der Waals surface area contributed by atoms with Crippen molar-refractivity contribution in [2.24, 2.45) is 0 Å². The van der Waals surface area contributed by atoms with E-state index in [1.807, 2.05) is 0 Å². The number of anilines is 1. The van der Waals surface area contributed by atoms with Gasteiger partial charge in [-0.1, -0.05) is 26.2 Å². The van der Waals surface area contributed by atoms with Crippen molar-refractivity contribution in [3.05, 3.63) is 28.4 Å². The molecule has 0 aliphatic rings. The smallest absolute Gasteiger partial charge is 0.287 e.